The molecule has 1 heterocycles. The summed E-state index contributed by atoms with van der Waals surface area (Å²) >= 11 is 5.04. The van der Waals surface area contributed by atoms with Crippen LogP contribution in [0.1, 0.15) is 17.1 Å². The molecule has 22 heavy (non-hydrogen) atoms. The molecular weight excluding hydrogens is 300 g/mol. The van der Waals surface area contributed by atoms with Crippen molar-refractivity contribution in [3.05, 3.63) is 53.5 Å². The molecule has 5 nitrogen and oxygen atoms in total. The lowest BCUT2D eigenvalue weighted by Gasteiger charge is -2.10. The minimum Gasteiger partial charge on any atom is -0.506 e. The van der Waals surface area contributed by atoms with E-state index in [9.17, 15) is 9.90 Å². The van der Waals surface area contributed by atoms with Gasteiger partial charge in [-0.15, -0.1) is 0 Å². The first kappa shape index (κ1) is 15.8. The largest absolute Gasteiger partial charge is 0.506 e. The number of phenolic OH excluding ortho intramolecular Hbond substituents is 1. The number of furan rings is 1. The van der Waals surface area contributed by atoms with Crippen LogP contribution in [-0.4, -0.2) is 16.1 Å². The number of benzene rings is 1. The van der Waals surface area contributed by atoms with E-state index in [0.717, 1.165) is 11.3 Å². The molecule has 0 bridgehead atoms. The molecule has 0 radical (unpaired) electrons. The molecule has 3 N–H and O–H groups in total. The summed E-state index contributed by atoms with van der Waals surface area (Å²) in [6.45, 7) is 3.71. The molecule has 0 aliphatic heterocycles. The van der Waals surface area contributed by atoms with Gasteiger partial charge in [0.25, 0.3) is 0 Å². The number of hydrogen-bond donors (Lipinski definition) is 3. The Hall–Kier alpha value is -2.60. The van der Waals surface area contributed by atoms with Gasteiger partial charge in [0, 0.05) is 6.08 Å². The maximum atomic E-state index is 11.7. The van der Waals surface area contributed by atoms with Gasteiger partial charge in [0.1, 0.15) is 17.3 Å². The molecule has 2 rings (SSSR count). The van der Waals surface area contributed by atoms with E-state index in [1.165, 1.54) is 6.08 Å². The fraction of sp³-hybridized carbons (Fsp3) is 0.125. The Bertz CT molecular complexity index is 735. The van der Waals surface area contributed by atoms with Crippen molar-refractivity contribution in [1.29, 1.82) is 0 Å². The van der Waals surface area contributed by atoms with Crippen LogP contribution in [-0.2, 0) is 4.79 Å². The summed E-state index contributed by atoms with van der Waals surface area (Å²) in [4.78, 5) is 11.7. The minimum atomic E-state index is -0.390. The van der Waals surface area contributed by atoms with Crippen molar-refractivity contribution in [2.45, 2.75) is 13.8 Å². The topological polar surface area (TPSA) is 74.5 Å². The van der Waals surface area contributed by atoms with Crippen LogP contribution in [0.4, 0.5) is 5.69 Å². The van der Waals surface area contributed by atoms with E-state index in [0.29, 0.717) is 11.4 Å². The predicted octanol–water partition coefficient (Wildman–Crippen LogP) is 3.13. The number of aromatic hydroxyl groups is 1. The Balaban J connectivity index is 1.92. The first-order chi connectivity index (χ1) is 10.4. The zero-order valence-electron chi connectivity index (χ0n) is 12.2. The number of amides is 1. The van der Waals surface area contributed by atoms with Crippen LogP contribution in [0.15, 0.2) is 40.8 Å². The molecule has 114 valence electrons. The molecule has 0 aliphatic carbocycles. The van der Waals surface area contributed by atoms with Gasteiger partial charge in [0.2, 0.25) is 5.91 Å². The quantitative estimate of drug-likeness (QED) is 0.461. The van der Waals surface area contributed by atoms with E-state index < -0.39 is 5.91 Å². The van der Waals surface area contributed by atoms with Crippen molar-refractivity contribution in [3.63, 3.8) is 0 Å². The smallest absolute Gasteiger partial charge is 0.250 e. The van der Waals surface area contributed by atoms with Crippen LogP contribution in [0.25, 0.3) is 6.08 Å². The van der Waals surface area contributed by atoms with Crippen molar-refractivity contribution < 1.29 is 14.3 Å². The van der Waals surface area contributed by atoms with Gasteiger partial charge < -0.3 is 14.8 Å². The van der Waals surface area contributed by atoms with Gasteiger partial charge in [-0.1, -0.05) is 6.07 Å². The van der Waals surface area contributed by atoms with E-state index in [4.69, 9.17) is 16.6 Å². The Morgan fingerprint density at radius 1 is 1.27 bits per heavy atom. The molecule has 0 saturated carbocycles. The molecule has 0 aliphatic rings. The summed E-state index contributed by atoms with van der Waals surface area (Å²) in [5.74, 6) is 1.03. The summed E-state index contributed by atoms with van der Waals surface area (Å²) in [7, 11) is 0. The Morgan fingerprint density at radius 2 is 2.05 bits per heavy atom. The van der Waals surface area contributed by atoms with E-state index in [1.807, 2.05) is 19.9 Å². The first-order valence-corrected chi connectivity index (χ1v) is 7.01. The van der Waals surface area contributed by atoms with E-state index in [-0.39, 0.29) is 10.9 Å². The van der Waals surface area contributed by atoms with Crippen LogP contribution in [0, 0.1) is 13.8 Å². The Kier molecular flexibility index (Phi) is 4.95. The zero-order chi connectivity index (χ0) is 16.1. The van der Waals surface area contributed by atoms with Gasteiger partial charge in [0.15, 0.2) is 5.11 Å². The lowest BCUT2D eigenvalue weighted by molar-refractivity contribution is -0.115. The van der Waals surface area contributed by atoms with Crippen LogP contribution in [0.3, 0.4) is 0 Å². The molecule has 0 fully saturated rings. The average Bonchev–Trinajstić information content (AvgIpc) is 2.86. The second-order valence-corrected chi connectivity index (χ2v) is 5.15. The average molecular weight is 316 g/mol. The van der Waals surface area contributed by atoms with Gasteiger partial charge in [-0.3, -0.25) is 10.1 Å². The number of rotatable bonds is 3. The van der Waals surface area contributed by atoms with Crippen molar-refractivity contribution in [2.75, 3.05) is 5.32 Å². The number of hydrogen-bond acceptors (Lipinski definition) is 4. The van der Waals surface area contributed by atoms with Crippen molar-refractivity contribution >= 4 is 35.0 Å². The molecule has 0 spiro atoms. The maximum Gasteiger partial charge on any atom is 0.250 e. The molecule has 1 amide bonds. The highest BCUT2D eigenvalue weighted by Gasteiger charge is 2.06. The van der Waals surface area contributed by atoms with E-state index >= 15 is 0 Å². The molecule has 1 aromatic carbocycles. The number of thiocarbonyl (C=S) groups is 1. The molecule has 0 atom stereocenters. The number of nitrogens with one attached hydrogen (secondary N) is 2. The zero-order valence-corrected chi connectivity index (χ0v) is 13.0. The predicted molar refractivity (Wildman–Crippen MR) is 89.7 cm³/mol. The summed E-state index contributed by atoms with van der Waals surface area (Å²) < 4.78 is 5.32. The van der Waals surface area contributed by atoms with E-state index in [1.54, 1.807) is 30.3 Å². The third-order valence-corrected chi connectivity index (χ3v) is 3.00. The van der Waals surface area contributed by atoms with Gasteiger partial charge in [-0.25, -0.2) is 0 Å². The number of anilines is 1. The standard InChI is InChI=1S/C16H16N2O3S/c1-10-3-7-14(19)13(9-10)17-16(22)18-15(20)8-6-12-5-4-11(2)21-12/h3-9,19H,1-2H3,(H2,17,18,20,22). The monoisotopic (exact) mass is 316 g/mol. The molecular formula is C16H16N2O3S. The highest BCUT2D eigenvalue weighted by Crippen LogP contribution is 2.23. The summed E-state index contributed by atoms with van der Waals surface area (Å²) in [6, 6.07) is 8.64. The number of carbonyl (C=O) groups excluding carboxylic acids is 1. The molecule has 2 aromatic rings. The molecule has 0 unspecified atom stereocenters. The van der Waals surface area contributed by atoms with Crippen LogP contribution < -0.4 is 10.6 Å². The molecule has 6 heteroatoms. The highest BCUT2D eigenvalue weighted by molar-refractivity contribution is 7.80. The fourth-order valence-corrected chi connectivity index (χ4v) is 1.97. The lowest BCUT2D eigenvalue weighted by atomic mass is 10.2. The Morgan fingerprint density at radius 3 is 2.73 bits per heavy atom. The molecule has 1 aromatic heterocycles. The van der Waals surface area contributed by atoms with Crippen molar-refractivity contribution in [2.24, 2.45) is 0 Å². The van der Waals surface area contributed by atoms with Gasteiger partial charge in [0.05, 0.1) is 5.69 Å². The summed E-state index contributed by atoms with van der Waals surface area (Å²) in [6.07, 6.45) is 2.87. The SMILES string of the molecule is Cc1ccc(O)c(NC(=S)NC(=O)C=Cc2ccc(C)o2)c1. The summed E-state index contributed by atoms with van der Waals surface area (Å²) in [5, 5.41) is 15.1. The van der Waals surface area contributed by atoms with E-state index in [2.05, 4.69) is 10.6 Å². The number of carbonyl (C=O) groups is 1. The molecule has 0 saturated heterocycles. The van der Waals surface area contributed by atoms with Gasteiger partial charge in [-0.2, -0.15) is 0 Å². The summed E-state index contributed by atoms with van der Waals surface area (Å²) in [5.41, 5.74) is 1.40. The number of aryl methyl sites for hydroxylation is 2. The maximum absolute atomic E-state index is 11.7. The van der Waals surface area contributed by atoms with Crippen LogP contribution in [0.2, 0.25) is 0 Å². The number of phenols is 1. The van der Waals surface area contributed by atoms with Crippen LogP contribution >= 0.6 is 12.2 Å². The lowest BCUT2D eigenvalue weighted by Crippen LogP contribution is -2.32. The third-order valence-electron chi connectivity index (χ3n) is 2.80. The van der Waals surface area contributed by atoms with Crippen molar-refractivity contribution in [3.8, 4) is 5.75 Å². The second-order valence-electron chi connectivity index (χ2n) is 4.75. The minimum absolute atomic E-state index is 0.0591. The highest BCUT2D eigenvalue weighted by atomic mass is 32.1. The third kappa shape index (κ3) is 4.46. The normalized spacial score (nSPS) is 10.6. The first-order valence-electron chi connectivity index (χ1n) is 6.60. The van der Waals surface area contributed by atoms with Crippen LogP contribution in [0.5, 0.6) is 5.75 Å². The second kappa shape index (κ2) is 6.91. The van der Waals surface area contributed by atoms with Crippen molar-refractivity contribution in [1.82, 2.24) is 5.32 Å². The fourth-order valence-electron chi connectivity index (χ4n) is 1.76. The Labute approximate surface area is 133 Å². The van der Waals surface area contributed by atoms with Gasteiger partial charge >= 0.3 is 0 Å². The van der Waals surface area contributed by atoms with Gasteiger partial charge in [-0.05, 0) is 62.0 Å².